The van der Waals surface area contributed by atoms with E-state index in [2.05, 4.69) is 38.0 Å². The molecule has 0 bridgehead atoms. The molecule has 5 nitrogen and oxygen atoms in total. The number of likely N-dealkylation sites (N-methyl/N-ethyl adjacent to an activating group) is 1. The summed E-state index contributed by atoms with van der Waals surface area (Å²) >= 11 is 0. The maximum atomic E-state index is 4.46. The van der Waals surface area contributed by atoms with Crippen molar-refractivity contribution in [3.8, 4) is 0 Å². The van der Waals surface area contributed by atoms with Gasteiger partial charge in [-0.15, -0.1) is 5.10 Å². The highest BCUT2D eigenvalue weighted by Crippen LogP contribution is 2.26. The minimum atomic E-state index is 0.719. The summed E-state index contributed by atoms with van der Waals surface area (Å²) in [6.45, 7) is 7.08. The SMILES string of the molecule is CN1CCN(C2CN(c3cc4c(nn3)CCCC4)C2)CC1. The Hall–Kier alpha value is -1.20. The van der Waals surface area contributed by atoms with E-state index >= 15 is 0 Å². The number of aromatic nitrogens is 2. The van der Waals surface area contributed by atoms with Gasteiger partial charge in [0.15, 0.2) is 5.82 Å². The minimum absolute atomic E-state index is 0.719. The first-order valence-corrected chi connectivity index (χ1v) is 8.32. The van der Waals surface area contributed by atoms with Gasteiger partial charge in [0.25, 0.3) is 0 Å². The molecule has 0 spiro atoms. The molecule has 2 fully saturated rings. The number of rotatable bonds is 2. The molecule has 0 saturated carbocycles. The molecule has 3 aliphatic rings. The first-order chi connectivity index (χ1) is 10.3. The second kappa shape index (κ2) is 5.54. The van der Waals surface area contributed by atoms with Gasteiger partial charge in [0, 0.05) is 45.3 Å². The van der Waals surface area contributed by atoms with Gasteiger partial charge in [0.2, 0.25) is 0 Å². The number of aryl methyl sites for hydroxylation is 2. The third kappa shape index (κ3) is 2.64. The fourth-order valence-electron chi connectivity index (χ4n) is 3.69. The van der Waals surface area contributed by atoms with Gasteiger partial charge in [-0.1, -0.05) is 0 Å². The van der Waals surface area contributed by atoms with Gasteiger partial charge in [-0.05, 0) is 44.4 Å². The quantitative estimate of drug-likeness (QED) is 0.804. The van der Waals surface area contributed by atoms with Crippen LogP contribution in [0.2, 0.25) is 0 Å². The average Bonchev–Trinajstić information content (AvgIpc) is 2.48. The van der Waals surface area contributed by atoms with Crippen LogP contribution in [-0.2, 0) is 12.8 Å². The number of hydrogen-bond donors (Lipinski definition) is 0. The second-order valence-corrected chi connectivity index (χ2v) is 6.78. The van der Waals surface area contributed by atoms with Crippen molar-refractivity contribution in [2.75, 3.05) is 51.2 Å². The van der Waals surface area contributed by atoms with E-state index in [-0.39, 0.29) is 0 Å². The van der Waals surface area contributed by atoms with Crippen LogP contribution in [0.5, 0.6) is 0 Å². The van der Waals surface area contributed by atoms with E-state index in [0.717, 1.165) is 31.4 Å². The molecule has 0 amide bonds. The first-order valence-electron chi connectivity index (χ1n) is 8.32. The number of anilines is 1. The molecule has 1 aliphatic carbocycles. The van der Waals surface area contributed by atoms with Gasteiger partial charge < -0.3 is 9.80 Å². The normalized spacial score (nSPS) is 24.7. The highest BCUT2D eigenvalue weighted by Gasteiger charge is 2.34. The Balaban J connectivity index is 1.37. The van der Waals surface area contributed by atoms with E-state index in [1.165, 1.54) is 56.7 Å². The lowest BCUT2D eigenvalue weighted by Crippen LogP contribution is -2.63. The Labute approximate surface area is 126 Å². The average molecular weight is 287 g/mol. The summed E-state index contributed by atoms with van der Waals surface area (Å²) in [7, 11) is 2.22. The van der Waals surface area contributed by atoms with Crippen LogP contribution in [0.15, 0.2) is 6.07 Å². The number of piperazine rings is 1. The summed E-state index contributed by atoms with van der Waals surface area (Å²) in [5.74, 6) is 1.10. The Bertz CT molecular complexity index is 503. The molecule has 5 heteroatoms. The zero-order valence-corrected chi connectivity index (χ0v) is 13.0. The van der Waals surface area contributed by atoms with E-state index in [1.54, 1.807) is 0 Å². The van der Waals surface area contributed by atoms with Gasteiger partial charge in [0.1, 0.15) is 0 Å². The molecule has 2 saturated heterocycles. The van der Waals surface area contributed by atoms with Crippen LogP contribution in [0, 0.1) is 0 Å². The van der Waals surface area contributed by atoms with Crippen LogP contribution in [0.25, 0.3) is 0 Å². The van der Waals surface area contributed by atoms with E-state index in [4.69, 9.17) is 0 Å². The third-order valence-electron chi connectivity index (χ3n) is 5.30. The molecule has 114 valence electrons. The van der Waals surface area contributed by atoms with Gasteiger partial charge in [0.05, 0.1) is 5.69 Å². The van der Waals surface area contributed by atoms with Crippen LogP contribution >= 0.6 is 0 Å². The van der Waals surface area contributed by atoms with Crippen molar-refractivity contribution in [3.05, 3.63) is 17.3 Å². The predicted molar refractivity (Wildman–Crippen MR) is 83.7 cm³/mol. The Morgan fingerprint density at radius 1 is 1.00 bits per heavy atom. The lowest BCUT2D eigenvalue weighted by Gasteiger charge is -2.48. The highest BCUT2D eigenvalue weighted by atomic mass is 15.4. The molecule has 0 radical (unpaired) electrons. The van der Waals surface area contributed by atoms with Crippen molar-refractivity contribution in [3.63, 3.8) is 0 Å². The summed E-state index contributed by atoms with van der Waals surface area (Å²) < 4.78 is 0. The molecule has 4 rings (SSSR count). The van der Waals surface area contributed by atoms with Crippen molar-refractivity contribution in [2.45, 2.75) is 31.7 Å². The molecular formula is C16H25N5. The zero-order chi connectivity index (χ0) is 14.2. The van der Waals surface area contributed by atoms with Gasteiger partial charge in [-0.3, -0.25) is 4.90 Å². The van der Waals surface area contributed by atoms with Crippen LogP contribution in [0.4, 0.5) is 5.82 Å². The topological polar surface area (TPSA) is 35.5 Å². The third-order valence-corrected chi connectivity index (χ3v) is 5.30. The fourth-order valence-corrected chi connectivity index (χ4v) is 3.69. The van der Waals surface area contributed by atoms with E-state index in [9.17, 15) is 0 Å². The fraction of sp³-hybridized carbons (Fsp3) is 0.750. The van der Waals surface area contributed by atoms with Gasteiger partial charge in [-0.2, -0.15) is 5.10 Å². The molecular weight excluding hydrogens is 262 g/mol. The minimum Gasteiger partial charge on any atom is -0.352 e. The van der Waals surface area contributed by atoms with Crippen LogP contribution in [0.3, 0.4) is 0 Å². The summed E-state index contributed by atoms with van der Waals surface area (Å²) in [4.78, 5) is 7.45. The van der Waals surface area contributed by atoms with Crippen molar-refractivity contribution in [1.29, 1.82) is 0 Å². The van der Waals surface area contributed by atoms with Crippen LogP contribution < -0.4 is 4.90 Å². The van der Waals surface area contributed by atoms with E-state index < -0.39 is 0 Å². The van der Waals surface area contributed by atoms with Gasteiger partial charge >= 0.3 is 0 Å². The van der Waals surface area contributed by atoms with Crippen molar-refractivity contribution in [1.82, 2.24) is 20.0 Å². The lowest BCUT2D eigenvalue weighted by molar-refractivity contribution is 0.0960. The molecule has 0 unspecified atom stereocenters. The summed E-state index contributed by atoms with van der Waals surface area (Å²) in [5.41, 5.74) is 2.68. The molecule has 3 heterocycles. The second-order valence-electron chi connectivity index (χ2n) is 6.78. The highest BCUT2D eigenvalue weighted by molar-refractivity contribution is 5.45. The Kier molecular flexibility index (Phi) is 3.55. The first kappa shape index (κ1) is 13.5. The largest absolute Gasteiger partial charge is 0.352 e. The van der Waals surface area contributed by atoms with Crippen LogP contribution in [-0.4, -0.2) is 72.4 Å². The summed E-state index contributed by atoms with van der Waals surface area (Å²) in [5, 5.41) is 8.91. The molecule has 2 aliphatic heterocycles. The van der Waals surface area contributed by atoms with Crippen molar-refractivity contribution < 1.29 is 0 Å². The van der Waals surface area contributed by atoms with E-state index in [0.29, 0.717) is 0 Å². The maximum absolute atomic E-state index is 4.46. The molecule has 21 heavy (non-hydrogen) atoms. The molecule has 1 aromatic rings. The zero-order valence-electron chi connectivity index (χ0n) is 13.0. The molecule has 0 N–H and O–H groups in total. The standard InChI is InChI=1S/C16H25N5/c1-19-6-8-20(9-7-19)14-11-21(12-14)16-10-13-4-2-3-5-15(13)17-18-16/h10,14H,2-9,11-12H2,1H3. The number of nitrogens with zero attached hydrogens (tertiary/aromatic N) is 5. The Morgan fingerprint density at radius 3 is 2.57 bits per heavy atom. The van der Waals surface area contributed by atoms with Gasteiger partial charge in [-0.25, -0.2) is 0 Å². The van der Waals surface area contributed by atoms with E-state index in [1.807, 2.05) is 0 Å². The van der Waals surface area contributed by atoms with Crippen molar-refractivity contribution >= 4 is 5.82 Å². The number of fused-ring (bicyclic) bond motifs is 1. The summed E-state index contributed by atoms with van der Waals surface area (Å²) in [6.07, 6.45) is 4.89. The molecule has 0 atom stereocenters. The summed E-state index contributed by atoms with van der Waals surface area (Å²) in [6, 6.07) is 3.01. The predicted octanol–water partition coefficient (Wildman–Crippen LogP) is 0.791. The number of hydrogen-bond acceptors (Lipinski definition) is 5. The smallest absolute Gasteiger partial charge is 0.151 e. The Morgan fingerprint density at radius 2 is 1.76 bits per heavy atom. The molecule has 1 aromatic heterocycles. The van der Waals surface area contributed by atoms with Crippen LogP contribution in [0.1, 0.15) is 24.1 Å². The maximum Gasteiger partial charge on any atom is 0.151 e. The van der Waals surface area contributed by atoms with Crippen molar-refractivity contribution in [2.24, 2.45) is 0 Å². The lowest BCUT2D eigenvalue weighted by atomic mass is 9.96. The molecule has 0 aromatic carbocycles. The monoisotopic (exact) mass is 287 g/mol.